The van der Waals surface area contributed by atoms with Gasteiger partial charge in [0.15, 0.2) is 0 Å². The molecule has 4 aromatic rings. The second-order valence-corrected chi connectivity index (χ2v) is 10.2. The Kier molecular flexibility index (Phi) is 6.07. The molecule has 0 N–H and O–H groups in total. The van der Waals surface area contributed by atoms with E-state index in [-0.39, 0.29) is 10.9 Å². The quantitative estimate of drug-likeness (QED) is 0.412. The summed E-state index contributed by atoms with van der Waals surface area (Å²) in [4.78, 5) is 4.48. The van der Waals surface area contributed by atoms with Gasteiger partial charge in [-0.15, -0.1) is 0 Å². The van der Waals surface area contributed by atoms with Crippen molar-refractivity contribution < 1.29 is 8.42 Å². The minimum Gasteiger partial charge on any atom is -0.266 e. The van der Waals surface area contributed by atoms with Crippen molar-refractivity contribution in [1.82, 2.24) is 19.1 Å². The fourth-order valence-corrected chi connectivity index (χ4v) is 6.31. The molecule has 2 aromatic heterocycles. The van der Waals surface area contributed by atoms with Gasteiger partial charge in [-0.1, -0.05) is 73.2 Å². The average molecular weight is 459 g/mol. The molecule has 2 aromatic carbocycles. The first-order chi connectivity index (χ1) is 16.1. The lowest BCUT2D eigenvalue weighted by Gasteiger charge is -2.34. The number of benzene rings is 2. The fourth-order valence-electron chi connectivity index (χ4n) is 4.46. The molecule has 7 heteroatoms. The number of pyridine rings is 1. The molecule has 1 saturated heterocycles. The van der Waals surface area contributed by atoms with Gasteiger partial charge < -0.3 is 0 Å². The number of rotatable bonds is 6. The van der Waals surface area contributed by atoms with Crippen LogP contribution in [0.15, 0.2) is 96.3 Å². The van der Waals surface area contributed by atoms with Crippen LogP contribution in [0.1, 0.15) is 36.4 Å². The van der Waals surface area contributed by atoms with E-state index in [0.717, 1.165) is 36.0 Å². The Morgan fingerprint density at radius 2 is 1.67 bits per heavy atom. The van der Waals surface area contributed by atoms with Crippen molar-refractivity contribution in [1.29, 1.82) is 0 Å². The van der Waals surface area contributed by atoms with E-state index >= 15 is 0 Å². The number of hydrogen-bond acceptors (Lipinski definition) is 4. The first kappa shape index (κ1) is 21.6. The molecular weight excluding hydrogens is 432 g/mol. The van der Waals surface area contributed by atoms with Crippen molar-refractivity contribution >= 4 is 10.0 Å². The van der Waals surface area contributed by atoms with E-state index in [1.54, 1.807) is 27.6 Å². The summed E-state index contributed by atoms with van der Waals surface area (Å²) >= 11 is 0. The summed E-state index contributed by atoms with van der Waals surface area (Å²) in [6, 6.07) is 23.1. The molecule has 168 valence electrons. The molecular formula is C26H26N4O2S. The van der Waals surface area contributed by atoms with Gasteiger partial charge in [0.1, 0.15) is 10.6 Å². The van der Waals surface area contributed by atoms with Crippen LogP contribution in [0.3, 0.4) is 0 Å². The van der Waals surface area contributed by atoms with E-state index in [4.69, 9.17) is 5.10 Å². The van der Waals surface area contributed by atoms with Gasteiger partial charge in [-0.2, -0.15) is 9.40 Å². The van der Waals surface area contributed by atoms with Gasteiger partial charge in [0.2, 0.25) is 10.0 Å². The lowest BCUT2D eigenvalue weighted by atomic mass is 9.99. The molecule has 1 fully saturated rings. The third kappa shape index (κ3) is 4.47. The van der Waals surface area contributed by atoms with Crippen LogP contribution in [-0.2, 0) is 16.6 Å². The highest BCUT2D eigenvalue weighted by Crippen LogP contribution is 2.37. The molecule has 1 aliphatic rings. The molecule has 0 amide bonds. The van der Waals surface area contributed by atoms with E-state index in [1.807, 2.05) is 72.8 Å². The van der Waals surface area contributed by atoms with Crippen LogP contribution in [0.2, 0.25) is 0 Å². The fraction of sp³-hybridized carbons (Fsp3) is 0.231. The standard InChI is InChI=1S/C26H26N4O2S/c31-33(32,30-17-8-7-15-24(30)23-14-9-16-27-18-23)25-20-29(19-21-10-3-1-4-11-21)28-26(25)22-12-5-2-6-13-22/h1-6,9-14,16,18,20,24H,7-8,15,17,19H2. The van der Waals surface area contributed by atoms with Gasteiger partial charge in [0.05, 0.1) is 12.6 Å². The zero-order valence-corrected chi connectivity index (χ0v) is 19.1. The molecule has 33 heavy (non-hydrogen) atoms. The van der Waals surface area contributed by atoms with Crippen molar-refractivity contribution in [2.24, 2.45) is 0 Å². The average Bonchev–Trinajstić information content (AvgIpc) is 3.30. The maximum atomic E-state index is 14.1. The predicted molar refractivity (Wildman–Crippen MR) is 128 cm³/mol. The largest absolute Gasteiger partial charge is 0.266 e. The lowest BCUT2D eigenvalue weighted by Crippen LogP contribution is -2.38. The number of aromatic nitrogens is 3. The molecule has 1 aliphatic heterocycles. The van der Waals surface area contributed by atoms with Crippen LogP contribution in [0.25, 0.3) is 11.3 Å². The van der Waals surface area contributed by atoms with Crippen LogP contribution in [0.4, 0.5) is 0 Å². The maximum Gasteiger partial charge on any atom is 0.247 e. The van der Waals surface area contributed by atoms with Crippen molar-refractivity contribution in [3.63, 3.8) is 0 Å². The second kappa shape index (κ2) is 9.29. The second-order valence-electron chi connectivity index (χ2n) is 8.30. The first-order valence-corrected chi connectivity index (χ1v) is 12.7. The molecule has 5 rings (SSSR count). The number of sulfonamides is 1. The van der Waals surface area contributed by atoms with E-state index in [9.17, 15) is 8.42 Å². The normalized spacial score (nSPS) is 17.2. The lowest BCUT2D eigenvalue weighted by molar-refractivity contribution is 0.255. The number of piperidine rings is 1. The minimum absolute atomic E-state index is 0.224. The van der Waals surface area contributed by atoms with E-state index < -0.39 is 10.0 Å². The zero-order chi connectivity index (χ0) is 22.7. The van der Waals surface area contributed by atoms with E-state index in [1.165, 1.54) is 0 Å². The Balaban J connectivity index is 1.58. The van der Waals surface area contributed by atoms with Crippen LogP contribution >= 0.6 is 0 Å². The Bertz CT molecular complexity index is 1310. The smallest absolute Gasteiger partial charge is 0.247 e. The van der Waals surface area contributed by atoms with Crippen molar-refractivity contribution in [3.05, 3.63) is 103 Å². The van der Waals surface area contributed by atoms with E-state index in [2.05, 4.69) is 4.98 Å². The highest BCUT2D eigenvalue weighted by atomic mass is 32.2. The molecule has 0 bridgehead atoms. The predicted octanol–water partition coefficient (Wildman–Crippen LogP) is 4.91. The van der Waals surface area contributed by atoms with Crippen molar-refractivity contribution in [3.8, 4) is 11.3 Å². The molecule has 1 unspecified atom stereocenters. The third-order valence-electron chi connectivity index (χ3n) is 6.07. The Hall–Kier alpha value is -3.29. The van der Waals surface area contributed by atoms with Crippen LogP contribution in [0, 0.1) is 0 Å². The maximum absolute atomic E-state index is 14.1. The summed E-state index contributed by atoms with van der Waals surface area (Å²) in [6.07, 6.45) is 7.78. The van der Waals surface area contributed by atoms with E-state index in [0.29, 0.717) is 18.8 Å². The van der Waals surface area contributed by atoms with Gasteiger partial charge >= 0.3 is 0 Å². The summed E-state index contributed by atoms with van der Waals surface area (Å²) in [7, 11) is -3.79. The summed E-state index contributed by atoms with van der Waals surface area (Å²) in [6.45, 7) is 0.988. The minimum atomic E-state index is -3.79. The Morgan fingerprint density at radius 3 is 2.39 bits per heavy atom. The highest BCUT2D eigenvalue weighted by Gasteiger charge is 2.37. The van der Waals surface area contributed by atoms with Crippen LogP contribution < -0.4 is 0 Å². The first-order valence-electron chi connectivity index (χ1n) is 11.2. The number of nitrogens with zero attached hydrogens (tertiary/aromatic N) is 4. The van der Waals surface area contributed by atoms with Gasteiger partial charge in [-0.3, -0.25) is 9.67 Å². The van der Waals surface area contributed by atoms with Gasteiger partial charge in [0, 0.05) is 30.7 Å². The molecule has 0 saturated carbocycles. The van der Waals surface area contributed by atoms with Crippen LogP contribution in [-0.4, -0.2) is 34.0 Å². The highest BCUT2D eigenvalue weighted by molar-refractivity contribution is 7.89. The molecule has 0 radical (unpaired) electrons. The topological polar surface area (TPSA) is 68.1 Å². The summed E-state index contributed by atoms with van der Waals surface area (Å²) in [5, 5.41) is 4.73. The monoisotopic (exact) mass is 458 g/mol. The van der Waals surface area contributed by atoms with Gasteiger partial charge in [-0.05, 0) is 30.0 Å². The molecule has 0 aliphatic carbocycles. The SMILES string of the molecule is O=S(=O)(c1cn(Cc2ccccc2)nc1-c1ccccc1)N1CCCCC1c1cccnc1. The molecule has 3 heterocycles. The molecule has 6 nitrogen and oxygen atoms in total. The summed E-state index contributed by atoms with van der Waals surface area (Å²) in [5.74, 6) is 0. The Morgan fingerprint density at radius 1 is 0.909 bits per heavy atom. The molecule has 0 spiro atoms. The van der Waals surface area contributed by atoms with Gasteiger partial charge in [-0.25, -0.2) is 8.42 Å². The summed E-state index contributed by atoms with van der Waals surface area (Å²) < 4.78 is 31.5. The van der Waals surface area contributed by atoms with Gasteiger partial charge in [0.25, 0.3) is 0 Å². The van der Waals surface area contributed by atoms with Crippen LogP contribution in [0.5, 0.6) is 0 Å². The van der Waals surface area contributed by atoms with Crippen molar-refractivity contribution in [2.75, 3.05) is 6.54 Å². The Labute approximate surface area is 194 Å². The molecule has 1 atom stereocenters. The summed E-state index contributed by atoms with van der Waals surface area (Å²) in [5.41, 5.74) is 3.27. The zero-order valence-electron chi connectivity index (χ0n) is 18.3. The third-order valence-corrected chi connectivity index (χ3v) is 7.98. The van der Waals surface area contributed by atoms with Crippen molar-refractivity contribution in [2.45, 2.75) is 36.7 Å². The number of hydrogen-bond donors (Lipinski definition) is 0.